The van der Waals surface area contributed by atoms with Crippen LogP contribution in [0.25, 0.3) is 49.8 Å². The number of pyridine rings is 1. The molecule has 37 heavy (non-hydrogen) atoms. The van der Waals surface area contributed by atoms with Gasteiger partial charge in [-0.25, -0.2) is 0 Å². The van der Waals surface area contributed by atoms with Gasteiger partial charge in [0.05, 0.1) is 18.4 Å². The molecule has 5 nitrogen and oxygen atoms in total. The quantitative estimate of drug-likeness (QED) is 0.276. The third-order valence-electron chi connectivity index (χ3n) is 7.19. The van der Waals surface area contributed by atoms with Crippen LogP contribution in [0.15, 0.2) is 112 Å². The summed E-state index contributed by atoms with van der Waals surface area (Å²) >= 11 is 0. The van der Waals surface area contributed by atoms with E-state index < -0.39 is 0 Å². The fraction of sp³-hybridized carbons (Fsp3) is 0.0312. The molecule has 0 atom stereocenters. The van der Waals surface area contributed by atoms with E-state index in [2.05, 4.69) is 94.1 Å². The lowest BCUT2D eigenvalue weighted by Gasteiger charge is -2.26. The predicted octanol–water partition coefficient (Wildman–Crippen LogP) is 8.42. The molecule has 0 saturated heterocycles. The van der Waals surface area contributed by atoms with Crippen LogP contribution in [0.4, 0.5) is 17.1 Å². The number of anilines is 3. The van der Waals surface area contributed by atoms with Crippen LogP contribution in [0, 0.1) is 0 Å². The summed E-state index contributed by atoms with van der Waals surface area (Å²) in [5.74, 6) is 0.951. The Morgan fingerprint density at radius 2 is 1.62 bits per heavy atom. The van der Waals surface area contributed by atoms with Gasteiger partial charge in [0.15, 0.2) is 11.2 Å². The Morgan fingerprint density at radius 1 is 0.730 bits per heavy atom. The summed E-state index contributed by atoms with van der Waals surface area (Å²) in [5, 5.41) is 8.87. The van der Waals surface area contributed by atoms with Gasteiger partial charge in [-0.05, 0) is 65.5 Å². The molecule has 0 radical (unpaired) electrons. The second-order valence-electron chi connectivity index (χ2n) is 9.33. The van der Waals surface area contributed by atoms with Gasteiger partial charge in [0.2, 0.25) is 0 Å². The van der Waals surface area contributed by atoms with Crippen molar-refractivity contribution in [2.75, 3.05) is 4.90 Å². The van der Waals surface area contributed by atoms with Gasteiger partial charge in [-0.15, -0.1) is 0 Å². The second-order valence-corrected chi connectivity index (χ2v) is 9.33. The third kappa shape index (κ3) is 3.07. The van der Waals surface area contributed by atoms with Gasteiger partial charge < -0.3 is 19.1 Å². The first-order valence-electron chi connectivity index (χ1n) is 12.3. The van der Waals surface area contributed by atoms with Gasteiger partial charge in [0, 0.05) is 39.3 Å². The van der Waals surface area contributed by atoms with Gasteiger partial charge in [-0.2, -0.15) is 0 Å². The lowest BCUT2D eigenvalue weighted by Crippen LogP contribution is -2.10. The highest BCUT2D eigenvalue weighted by Gasteiger charge is 2.22. The minimum Gasteiger partial charge on any atom is -0.456 e. The Morgan fingerprint density at radius 3 is 2.59 bits per heavy atom. The molecule has 0 spiro atoms. The van der Waals surface area contributed by atoms with Crippen LogP contribution in [0.2, 0.25) is 0 Å². The highest BCUT2D eigenvalue weighted by atomic mass is 16.3. The number of para-hydroxylation sites is 1. The van der Waals surface area contributed by atoms with Gasteiger partial charge in [0.25, 0.3) is 0 Å². The molecule has 4 heterocycles. The summed E-state index contributed by atoms with van der Waals surface area (Å²) in [6, 6.07) is 29.7. The molecule has 1 N–H and O–H groups in total. The maximum absolute atomic E-state index is 6.49. The van der Waals surface area contributed by atoms with Crippen LogP contribution in [0.3, 0.4) is 0 Å². The van der Waals surface area contributed by atoms with Crippen molar-refractivity contribution < 1.29 is 8.83 Å². The van der Waals surface area contributed by atoms with E-state index in [-0.39, 0.29) is 0 Å². The molecule has 3 aromatic heterocycles. The third-order valence-corrected chi connectivity index (χ3v) is 7.19. The minimum atomic E-state index is 0.678. The molecule has 4 aromatic carbocycles. The minimum absolute atomic E-state index is 0.678. The zero-order chi connectivity index (χ0) is 24.3. The van der Waals surface area contributed by atoms with Crippen molar-refractivity contribution in [1.82, 2.24) is 10.3 Å². The number of nitrogens with zero attached hydrogens (tertiary/aromatic N) is 2. The second kappa shape index (κ2) is 7.73. The Labute approximate surface area is 212 Å². The molecule has 176 valence electrons. The maximum atomic E-state index is 6.49. The standard InChI is InChI=1S/C32H21N3O2/c1-2-5-21-16-22(9-8-20(21)4-1)35(23-10-11-29-27(17-23)25-13-15-33-18-30(25)36-29)28-7-3-6-26-24-12-14-34-19-31(24)37-32(26)28/h1-18,34H,19H2. The summed E-state index contributed by atoms with van der Waals surface area (Å²) in [4.78, 5) is 6.51. The van der Waals surface area contributed by atoms with Gasteiger partial charge in [-0.1, -0.05) is 42.5 Å². The number of hydrogen-bond donors (Lipinski definition) is 1. The zero-order valence-corrected chi connectivity index (χ0v) is 19.8. The Kier molecular flexibility index (Phi) is 4.22. The van der Waals surface area contributed by atoms with E-state index in [0.29, 0.717) is 6.54 Å². The van der Waals surface area contributed by atoms with E-state index in [4.69, 9.17) is 8.83 Å². The molecular formula is C32H21N3O2. The highest BCUT2D eigenvalue weighted by Crippen LogP contribution is 2.44. The van der Waals surface area contributed by atoms with E-state index in [1.54, 1.807) is 12.4 Å². The zero-order valence-electron chi connectivity index (χ0n) is 19.8. The molecule has 0 unspecified atom stereocenters. The van der Waals surface area contributed by atoms with E-state index in [1.807, 2.05) is 18.3 Å². The van der Waals surface area contributed by atoms with Crippen LogP contribution >= 0.6 is 0 Å². The van der Waals surface area contributed by atoms with Crippen LogP contribution < -0.4 is 10.2 Å². The molecule has 0 bridgehead atoms. The van der Waals surface area contributed by atoms with Crippen molar-refractivity contribution in [3.63, 3.8) is 0 Å². The molecule has 0 saturated carbocycles. The number of hydrogen-bond acceptors (Lipinski definition) is 5. The Balaban J connectivity index is 1.42. The number of aromatic nitrogens is 1. The first-order valence-corrected chi connectivity index (χ1v) is 12.3. The molecule has 8 rings (SSSR count). The summed E-state index contributed by atoms with van der Waals surface area (Å²) < 4.78 is 12.6. The van der Waals surface area contributed by atoms with Crippen LogP contribution in [0.5, 0.6) is 0 Å². The monoisotopic (exact) mass is 479 g/mol. The van der Waals surface area contributed by atoms with E-state index in [0.717, 1.165) is 61.3 Å². The number of benzene rings is 4. The summed E-state index contributed by atoms with van der Waals surface area (Å²) in [6.45, 7) is 0.678. The first-order chi connectivity index (χ1) is 18.3. The van der Waals surface area contributed by atoms with Crippen LogP contribution in [-0.2, 0) is 6.54 Å². The fourth-order valence-electron chi connectivity index (χ4n) is 5.46. The van der Waals surface area contributed by atoms with Crippen molar-refractivity contribution in [1.29, 1.82) is 0 Å². The number of fused-ring (bicyclic) bond motifs is 7. The topological polar surface area (TPSA) is 54.4 Å². The molecule has 0 amide bonds. The fourth-order valence-corrected chi connectivity index (χ4v) is 5.46. The largest absolute Gasteiger partial charge is 0.456 e. The maximum Gasteiger partial charge on any atom is 0.159 e. The van der Waals surface area contributed by atoms with E-state index in [1.165, 1.54) is 10.8 Å². The van der Waals surface area contributed by atoms with Crippen LogP contribution in [0.1, 0.15) is 11.3 Å². The van der Waals surface area contributed by atoms with E-state index in [9.17, 15) is 0 Å². The molecule has 0 aliphatic carbocycles. The summed E-state index contributed by atoms with van der Waals surface area (Å²) in [7, 11) is 0. The van der Waals surface area contributed by atoms with Crippen molar-refractivity contribution in [2.24, 2.45) is 0 Å². The molecular weight excluding hydrogens is 458 g/mol. The van der Waals surface area contributed by atoms with Crippen molar-refractivity contribution >= 4 is 66.8 Å². The normalized spacial score (nSPS) is 12.9. The molecule has 1 aliphatic heterocycles. The van der Waals surface area contributed by atoms with Gasteiger partial charge in [-0.3, -0.25) is 4.98 Å². The number of furan rings is 2. The van der Waals surface area contributed by atoms with Gasteiger partial charge >= 0.3 is 0 Å². The molecule has 5 heteroatoms. The average Bonchev–Trinajstić information content (AvgIpc) is 3.52. The van der Waals surface area contributed by atoms with Crippen molar-refractivity contribution in [2.45, 2.75) is 6.54 Å². The number of nitrogens with one attached hydrogen (secondary N) is 1. The molecule has 7 aromatic rings. The predicted molar refractivity (Wildman–Crippen MR) is 149 cm³/mol. The number of rotatable bonds is 3. The van der Waals surface area contributed by atoms with Crippen molar-refractivity contribution in [3.05, 3.63) is 115 Å². The smallest absolute Gasteiger partial charge is 0.159 e. The first kappa shape index (κ1) is 20.2. The summed E-state index contributed by atoms with van der Waals surface area (Å²) in [5.41, 5.74) is 6.71. The summed E-state index contributed by atoms with van der Waals surface area (Å²) in [6.07, 6.45) is 7.65. The molecule has 1 aliphatic rings. The average molecular weight is 480 g/mol. The van der Waals surface area contributed by atoms with E-state index >= 15 is 0 Å². The lowest BCUT2D eigenvalue weighted by molar-refractivity contribution is 0.533. The van der Waals surface area contributed by atoms with Gasteiger partial charge in [0.1, 0.15) is 11.3 Å². The highest BCUT2D eigenvalue weighted by molar-refractivity contribution is 6.07. The SMILES string of the molecule is C1=Cc2c(oc3c(N(c4ccc5ccccc5c4)c4ccc5oc6cnccc6c5c4)cccc23)CN1. The van der Waals surface area contributed by atoms with Crippen LogP contribution in [-0.4, -0.2) is 4.98 Å². The van der Waals surface area contributed by atoms with Crippen molar-refractivity contribution in [3.8, 4) is 0 Å². The Hall–Kier alpha value is -5.03. The lowest BCUT2D eigenvalue weighted by atomic mass is 10.1. The Bertz CT molecular complexity index is 2010. The molecule has 0 fully saturated rings.